The molecule has 0 unspecified atom stereocenters. The smallest absolute Gasteiger partial charge is 0.0636 e. The lowest BCUT2D eigenvalue weighted by Gasteiger charge is -2.01. The standard InChI is InChI=1S/C7H9NO2S/c1-10-8-6-2-4-7(11-9)5-3-6/h2-5,8-9H,1H3. The fourth-order valence-electron chi connectivity index (χ4n) is 0.702. The molecule has 2 N–H and O–H groups in total. The van der Waals surface area contributed by atoms with E-state index < -0.39 is 0 Å². The Bertz CT molecular complexity index is 212. The number of hydrogen-bond donors (Lipinski definition) is 2. The van der Waals surface area contributed by atoms with E-state index in [0.29, 0.717) is 0 Å². The third kappa shape index (κ3) is 2.42. The van der Waals surface area contributed by atoms with Gasteiger partial charge in [-0.3, -0.25) is 10.3 Å². The second-order valence-electron chi connectivity index (χ2n) is 1.92. The maximum absolute atomic E-state index is 8.62. The minimum absolute atomic E-state index is 0.727. The van der Waals surface area contributed by atoms with Gasteiger partial charge in [0.1, 0.15) is 0 Å². The Morgan fingerprint density at radius 1 is 1.36 bits per heavy atom. The summed E-state index contributed by atoms with van der Waals surface area (Å²) in [5.74, 6) is 0. The van der Waals surface area contributed by atoms with Crippen LogP contribution in [0.25, 0.3) is 0 Å². The van der Waals surface area contributed by atoms with Gasteiger partial charge in [0.25, 0.3) is 0 Å². The molecule has 0 saturated heterocycles. The second kappa shape index (κ2) is 4.23. The van der Waals surface area contributed by atoms with Crippen molar-refractivity contribution in [1.82, 2.24) is 0 Å². The summed E-state index contributed by atoms with van der Waals surface area (Å²) in [6, 6.07) is 7.24. The Labute approximate surface area is 69.5 Å². The average molecular weight is 171 g/mol. The summed E-state index contributed by atoms with van der Waals surface area (Å²) in [4.78, 5) is 5.49. The molecule has 0 amide bonds. The van der Waals surface area contributed by atoms with Crippen LogP contribution in [0.1, 0.15) is 0 Å². The number of hydrogen-bond acceptors (Lipinski definition) is 4. The van der Waals surface area contributed by atoms with E-state index in [0.717, 1.165) is 22.6 Å². The van der Waals surface area contributed by atoms with Crippen LogP contribution in [0.5, 0.6) is 0 Å². The Balaban J connectivity index is 2.66. The molecule has 3 nitrogen and oxygen atoms in total. The van der Waals surface area contributed by atoms with Gasteiger partial charge in [-0.2, -0.15) is 0 Å². The number of benzene rings is 1. The highest BCUT2D eigenvalue weighted by atomic mass is 32.2. The molecular formula is C7H9NO2S. The molecule has 0 atom stereocenters. The maximum Gasteiger partial charge on any atom is 0.0636 e. The molecule has 11 heavy (non-hydrogen) atoms. The summed E-state index contributed by atoms with van der Waals surface area (Å²) in [7, 11) is 1.55. The number of rotatable bonds is 3. The van der Waals surface area contributed by atoms with Crippen molar-refractivity contribution in [3.05, 3.63) is 24.3 Å². The highest BCUT2D eigenvalue weighted by molar-refractivity contribution is 7.93. The van der Waals surface area contributed by atoms with Gasteiger partial charge in [0.05, 0.1) is 12.8 Å². The molecule has 0 aliphatic heterocycles. The van der Waals surface area contributed by atoms with Crippen molar-refractivity contribution in [2.45, 2.75) is 4.90 Å². The highest BCUT2D eigenvalue weighted by Gasteiger charge is 1.91. The van der Waals surface area contributed by atoms with E-state index in [-0.39, 0.29) is 0 Å². The largest absolute Gasteiger partial charge is 0.325 e. The van der Waals surface area contributed by atoms with Crippen LogP contribution in [0.15, 0.2) is 29.2 Å². The van der Waals surface area contributed by atoms with Crippen molar-refractivity contribution in [3.63, 3.8) is 0 Å². The first-order valence-electron chi connectivity index (χ1n) is 3.07. The first-order chi connectivity index (χ1) is 5.36. The van der Waals surface area contributed by atoms with Crippen LogP contribution in [-0.2, 0) is 4.84 Å². The molecule has 0 radical (unpaired) electrons. The first-order valence-corrected chi connectivity index (χ1v) is 3.84. The normalized spacial score (nSPS) is 9.64. The summed E-state index contributed by atoms with van der Waals surface area (Å²) < 4.78 is 8.62. The molecule has 0 saturated carbocycles. The van der Waals surface area contributed by atoms with Crippen molar-refractivity contribution in [3.8, 4) is 0 Å². The van der Waals surface area contributed by atoms with Gasteiger partial charge >= 0.3 is 0 Å². The van der Waals surface area contributed by atoms with Gasteiger partial charge < -0.3 is 4.55 Å². The Morgan fingerprint density at radius 2 is 2.00 bits per heavy atom. The molecule has 0 fully saturated rings. The third-order valence-corrected chi connectivity index (χ3v) is 1.66. The SMILES string of the molecule is CONc1ccc(SO)cc1. The van der Waals surface area contributed by atoms with E-state index in [2.05, 4.69) is 10.3 Å². The van der Waals surface area contributed by atoms with E-state index in [9.17, 15) is 0 Å². The molecule has 0 spiro atoms. The molecule has 0 aliphatic rings. The van der Waals surface area contributed by atoms with Gasteiger partial charge in [0.2, 0.25) is 0 Å². The Kier molecular flexibility index (Phi) is 3.22. The molecule has 4 heteroatoms. The summed E-state index contributed by atoms with van der Waals surface area (Å²) in [5.41, 5.74) is 3.53. The molecule has 0 aromatic heterocycles. The zero-order valence-electron chi connectivity index (χ0n) is 6.07. The van der Waals surface area contributed by atoms with E-state index in [1.54, 1.807) is 19.2 Å². The summed E-state index contributed by atoms with van der Waals surface area (Å²) in [6.45, 7) is 0. The van der Waals surface area contributed by atoms with Crippen molar-refractivity contribution in [2.24, 2.45) is 0 Å². The van der Waals surface area contributed by atoms with Gasteiger partial charge in [0.15, 0.2) is 0 Å². The molecule has 60 valence electrons. The van der Waals surface area contributed by atoms with Gasteiger partial charge in [-0.05, 0) is 24.3 Å². The van der Waals surface area contributed by atoms with Crippen LogP contribution < -0.4 is 5.48 Å². The van der Waals surface area contributed by atoms with Crippen LogP contribution in [0.4, 0.5) is 5.69 Å². The van der Waals surface area contributed by atoms with E-state index in [1.807, 2.05) is 12.1 Å². The van der Waals surface area contributed by atoms with Crippen molar-refractivity contribution in [2.75, 3.05) is 12.6 Å². The van der Waals surface area contributed by atoms with Crippen LogP contribution in [0, 0.1) is 0 Å². The van der Waals surface area contributed by atoms with Crippen LogP contribution in [0.3, 0.4) is 0 Å². The Morgan fingerprint density at radius 3 is 2.45 bits per heavy atom. The molecular weight excluding hydrogens is 162 g/mol. The summed E-state index contributed by atoms with van der Waals surface area (Å²) in [5, 5.41) is 0. The van der Waals surface area contributed by atoms with Crippen LogP contribution in [-0.4, -0.2) is 11.7 Å². The van der Waals surface area contributed by atoms with Gasteiger partial charge in [-0.15, -0.1) is 0 Å². The summed E-state index contributed by atoms with van der Waals surface area (Å²) in [6.07, 6.45) is 0. The molecule has 1 aromatic rings. The maximum atomic E-state index is 8.62. The Hall–Kier alpha value is -0.710. The van der Waals surface area contributed by atoms with E-state index in [1.165, 1.54) is 0 Å². The predicted molar refractivity (Wildman–Crippen MR) is 45.6 cm³/mol. The van der Waals surface area contributed by atoms with Crippen molar-refractivity contribution < 1.29 is 9.39 Å². The molecule has 0 heterocycles. The highest BCUT2D eigenvalue weighted by Crippen LogP contribution is 2.16. The molecule has 0 bridgehead atoms. The lowest BCUT2D eigenvalue weighted by Crippen LogP contribution is -1.94. The topological polar surface area (TPSA) is 41.5 Å². The van der Waals surface area contributed by atoms with Gasteiger partial charge in [-0.25, -0.2) is 0 Å². The minimum Gasteiger partial charge on any atom is -0.325 e. The average Bonchev–Trinajstić information content (AvgIpc) is 2.07. The van der Waals surface area contributed by atoms with Crippen LogP contribution >= 0.6 is 12.0 Å². The number of nitrogens with one attached hydrogen (secondary N) is 1. The van der Waals surface area contributed by atoms with Crippen LogP contribution in [0.2, 0.25) is 0 Å². The molecule has 1 rings (SSSR count). The van der Waals surface area contributed by atoms with E-state index >= 15 is 0 Å². The number of anilines is 1. The quantitative estimate of drug-likeness (QED) is 0.540. The van der Waals surface area contributed by atoms with Crippen molar-refractivity contribution >= 4 is 17.7 Å². The fraction of sp³-hybridized carbons (Fsp3) is 0.143. The predicted octanol–water partition coefficient (Wildman–Crippen LogP) is 2.22. The first kappa shape index (κ1) is 8.39. The third-order valence-electron chi connectivity index (χ3n) is 1.18. The van der Waals surface area contributed by atoms with E-state index in [4.69, 9.17) is 4.55 Å². The monoisotopic (exact) mass is 171 g/mol. The molecule has 1 aromatic carbocycles. The zero-order chi connectivity index (χ0) is 8.10. The fourth-order valence-corrected chi connectivity index (χ4v) is 0.959. The molecule has 0 aliphatic carbocycles. The minimum atomic E-state index is 0.727. The zero-order valence-corrected chi connectivity index (χ0v) is 6.89. The summed E-state index contributed by atoms with van der Waals surface area (Å²) >= 11 is 0.727. The lowest BCUT2D eigenvalue weighted by atomic mass is 10.3. The van der Waals surface area contributed by atoms with Crippen molar-refractivity contribution in [1.29, 1.82) is 0 Å². The lowest BCUT2D eigenvalue weighted by molar-refractivity contribution is 0.271. The van der Waals surface area contributed by atoms with Gasteiger partial charge in [-0.1, -0.05) is 0 Å². The second-order valence-corrected chi connectivity index (χ2v) is 2.58. The van der Waals surface area contributed by atoms with Gasteiger partial charge in [0, 0.05) is 16.9 Å².